The molecule has 2 unspecified atom stereocenters. The molecule has 0 spiro atoms. The molecule has 3 N–H and O–H groups in total. The number of rotatable bonds is 4. The second-order valence-corrected chi connectivity index (χ2v) is 6.52. The number of ether oxygens (including phenoxy) is 1. The number of primary amides is 1. The first kappa shape index (κ1) is 16.8. The zero-order valence-electron chi connectivity index (χ0n) is 13.9. The molecule has 0 radical (unpaired) electrons. The fraction of sp³-hybridized carbons (Fsp3) is 0.556. The number of morpholine rings is 1. The molecular weight excluding hydrogens is 306 g/mol. The van der Waals surface area contributed by atoms with Gasteiger partial charge in [-0.2, -0.15) is 0 Å². The number of anilines is 1. The molecule has 2 amide bonds. The number of carbonyl (C=O) groups excluding carboxylic acids is 2. The van der Waals surface area contributed by atoms with Crippen LogP contribution in [-0.2, 0) is 9.53 Å². The predicted molar refractivity (Wildman–Crippen MR) is 91.9 cm³/mol. The largest absolute Gasteiger partial charge is 0.378 e. The molecule has 2 aliphatic rings. The van der Waals surface area contributed by atoms with Gasteiger partial charge in [-0.3, -0.25) is 9.59 Å². The lowest BCUT2D eigenvalue weighted by molar-refractivity contribution is -0.123. The van der Waals surface area contributed by atoms with Gasteiger partial charge in [0.25, 0.3) is 5.91 Å². The Bertz CT molecular complexity index is 582. The van der Waals surface area contributed by atoms with Crippen LogP contribution < -0.4 is 16.0 Å². The summed E-state index contributed by atoms with van der Waals surface area (Å²) in [5.41, 5.74) is 7.18. The van der Waals surface area contributed by atoms with Crippen LogP contribution in [0, 0.1) is 5.92 Å². The molecule has 3 rings (SSSR count). The summed E-state index contributed by atoms with van der Waals surface area (Å²) < 4.78 is 5.35. The van der Waals surface area contributed by atoms with E-state index in [1.807, 2.05) is 24.3 Å². The van der Waals surface area contributed by atoms with Gasteiger partial charge in [0.1, 0.15) is 0 Å². The van der Waals surface area contributed by atoms with Crippen LogP contribution in [0.5, 0.6) is 0 Å². The number of amides is 2. The lowest BCUT2D eigenvalue weighted by Crippen LogP contribution is -2.47. The Morgan fingerprint density at radius 2 is 1.75 bits per heavy atom. The first-order valence-electron chi connectivity index (χ1n) is 8.68. The van der Waals surface area contributed by atoms with E-state index in [1.54, 1.807) is 0 Å². The molecule has 6 nitrogen and oxygen atoms in total. The van der Waals surface area contributed by atoms with Crippen molar-refractivity contribution >= 4 is 17.5 Å². The van der Waals surface area contributed by atoms with Crippen LogP contribution in [0.25, 0.3) is 0 Å². The van der Waals surface area contributed by atoms with E-state index >= 15 is 0 Å². The molecule has 1 saturated carbocycles. The van der Waals surface area contributed by atoms with Gasteiger partial charge in [-0.25, -0.2) is 0 Å². The predicted octanol–water partition coefficient (Wildman–Crippen LogP) is 1.30. The SMILES string of the molecule is NC(=O)C1CCCCC1NC(=O)c1ccc(N2CCOCC2)cc1. The lowest BCUT2D eigenvalue weighted by Gasteiger charge is -2.30. The van der Waals surface area contributed by atoms with E-state index in [9.17, 15) is 9.59 Å². The summed E-state index contributed by atoms with van der Waals surface area (Å²) in [4.78, 5) is 26.3. The van der Waals surface area contributed by atoms with Gasteiger partial charge in [0, 0.05) is 30.4 Å². The smallest absolute Gasteiger partial charge is 0.251 e. The number of carbonyl (C=O) groups is 2. The molecule has 1 aromatic rings. The minimum Gasteiger partial charge on any atom is -0.378 e. The minimum absolute atomic E-state index is 0.137. The van der Waals surface area contributed by atoms with Crippen molar-refractivity contribution < 1.29 is 14.3 Å². The molecule has 2 atom stereocenters. The van der Waals surface area contributed by atoms with Gasteiger partial charge in [0.15, 0.2) is 0 Å². The van der Waals surface area contributed by atoms with E-state index < -0.39 is 0 Å². The maximum atomic E-state index is 12.5. The highest BCUT2D eigenvalue weighted by atomic mass is 16.5. The molecule has 130 valence electrons. The minimum atomic E-state index is -0.317. The van der Waals surface area contributed by atoms with Gasteiger partial charge < -0.3 is 20.7 Å². The van der Waals surface area contributed by atoms with Crippen molar-refractivity contribution in [1.29, 1.82) is 0 Å². The Labute approximate surface area is 142 Å². The quantitative estimate of drug-likeness (QED) is 0.871. The molecule has 1 aliphatic carbocycles. The van der Waals surface area contributed by atoms with Crippen molar-refractivity contribution in [3.8, 4) is 0 Å². The lowest BCUT2D eigenvalue weighted by atomic mass is 9.84. The summed E-state index contributed by atoms with van der Waals surface area (Å²) in [6, 6.07) is 7.45. The summed E-state index contributed by atoms with van der Waals surface area (Å²) in [5.74, 6) is -0.709. The van der Waals surface area contributed by atoms with Gasteiger partial charge in [-0.15, -0.1) is 0 Å². The average molecular weight is 331 g/mol. The Balaban J connectivity index is 1.63. The van der Waals surface area contributed by atoms with E-state index in [0.29, 0.717) is 5.56 Å². The molecule has 24 heavy (non-hydrogen) atoms. The topological polar surface area (TPSA) is 84.7 Å². The molecule has 0 aromatic heterocycles. The van der Waals surface area contributed by atoms with Gasteiger partial charge in [-0.05, 0) is 37.1 Å². The van der Waals surface area contributed by atoms with Gasteiger partial charge >= 0.3 is 0 Å². The third-order valence-corrected chi connectivity index (χ3v) is 4.95. The maximum Gasteiger partial charge on any atom is 0.251 e. The maximum absolute atomic E-state index is 12.5. The molecule has 1 heterocycles. The third-order valence-electron chi connectivity index (χ3n) is 4.95. The van der Waals surface area contributed by atoms with Crippen LogP contribution in [0.3, 0.4) is 0 Å². The summed E-state index contributed by atoms with van der Waals surface area (Å²) >= 11 is 0. The van der Waals surface area contributed by atoms with Crippen LogP contribution in [0.4, 0.5) is 5.69 Å². The number of nitrogens with one attached hydrogen (secondary N) is 1. The van der Waals surface area contributed by atoms with Gasteiger partial charge in [-0.1, -0.05) is 12.8 Å². The van der Waals surface area contributed by atoms with Gasteiger partial charge in [0.05, 0.1) is 19.1 Å². The summed E-state index contributed by atoms with van der Waals surface area (Å²) in [7, 11) is 0. The third kappa shape index (κ3) is 3.87. The van der Waals surface area contributed by atoms with E-state index in [1.165, 1.54) is 0 Å². The zero-order chi connectivity index (χ0) is 16.9. The monoisotopic (exact) mass is 331 g/mol. The van der Waals surface area contributed by atoms with Crippen molar-refractivity contribution in [3.05, 3.63) is 29.8 Å². The van der Waals surface area contributed by atoms with E-state index in [-0.39, 0.29) is 23.8 Å². The van der Waals surface area contributed by atoms with E-state index in [0.717, 1.165) is 57.7 Å². The van der Waals surface area contributed by atoms with Gasteiger partial charge in [0.2, 0.25) is 5.91 Å². The summed E-state index contributed by atoms with van der Waals surface area (Å²) in [6.45, 7) is 3.21. The Morgan fingerprint density at radius 3 is 2.42 bits per heavy atom. The highest BCUT2D eigenvalue weighted by Gasteiger charge is 2.30. The van der Waals surface area contributed by atoms with Crippen molar-refractivity contribution in [2.24, 2.45) is 11.7 Å². The number of hydrogen-bond acceptors (Lipinski definition) is 4. The zero-order valence-corrected chi connectivity index (χ0v) is 13.9. The van der Waals surface area contributed by atoms with Crippen molar-refractivity contribution in [2.45, 2.75) is 31.7 Å². The standard InChI is InChI=1S/C18H25N3O3/c19-17(22)15-3-1-2-4-16(15)20-18(23)13-5-7-14(8-6-13)21-9-11-24-12-10-21/h5-8,15-16H,1-4,9-12H2,(H2,19,22)(H,20,23). The molecule has 1 aromatic carbocycles. The second kappa shape index (κ2) is 7.66. The first-order valence-corrected chi connectivity index (χ1v) is 8.68. The molecule has 0 bridgehead atoms. The van der Waals surface area contributed by atoms with Crippen LogP contribution in [0.15, 0.2) is 24.3 Å². The Kier molecular flexibility index (Phi) is 5.35. The number of nitrogens with zero attached hydrogens (tertiary/aromatic N) is 1. The Hall–Kier alpha value is -2.08. The molecule has 1 aliphatic heterocycles. The fourth-order valence-corrected chi connectivity index (χ4v) is 3.54. The summed E-state index contributed by atoms with van der Waals surface area (Å²) in [6.07, 6.45) is 3.58. The van der Waals surface area contributed by atoms with Crippen LogP contribution in [0.2, 0.25) is 0 Å². The first-order chi connectivity index (χ1) is 11.6. The molecule has 6 heteroatoms. The number of nitrogens with two attached hydrogens (primary N) is 1. The second-order valence-electron chi connectivity index (χ2n) is 6.52. The Morgan fingerprint density at radius 1 is 1.08 bits per heavy atom. The highest BCUT2D eigenvalue weighted by Crippen LogP contribution is 2.24. The van der Waals surface area contributed by atoms with E-state index in [4.69, 9.17) is 10.5 Å². The van der Waals surface area contributed by atoms with Crippen molar-refractivity contribution in [1.82, 2.24) is 5.32 Å². The van der Waals surface area contributed by atoms with Crippen molar-refractivity contribution in [2.75, 3.05) is 31.2 Å². The summed E-state index contributed by atoms with van der Waals surface area (Å²) in [5, 5.41) is 2.99. The number of hydrogen-bond donors (Lipinski definition) is 2. The molecular formula is C18H25N3O3. The van der Waals surface area contributed by atoms with Crippen LogP contribution in [0.1, 0.15) is 36.0 Å². The fourth-order valence-electron chi connectivity index (χ4n) is 3.54. The molecule has 2 fully saturated rings. The van der Waals surface area contributed by atoms with Crippen molar-refractivity contribution in [3.63, 3.8) is 0 Å². The molecule has 1 saturated heterocycles. The highest BCUT2D eigenvalue weighted by molar-refractivity contribution is 5.95. The number of benzene rings is 1. The van der Waals surface area contributed by atoms with Crippen LogP contribution in [-0.4, -0.2) is 44.2 Å². The van der Waals surface area contributed by atoms with Crippen LogP contribution >= 0.6 is 0 Å². The van der Waals surface area contributed by atoms with E-state index in [2.05, 4.69) is 10.2 Å². The average Bonchev–Trinajstić information content (AvgIpc) is 2.63. The normalized spacial score (nSPS) is 24.4.